The molecule has 1 nitrogen and oxygen atoms in total. The van der Waals surface area contributed by atoms with E-state index in [-0.39, 0.29) is 0 Å². The van der Waals surface area contributed by atoms with Gasteiger partial charge in [0.1, 0.15) is 0 Å². The van der Waals surface area contributed by atoms with Gasteiger partial charge in [-0.05, 0) is 0 Å². The first-order valence-corrected chi connectivity index (χ1v) is 2.77. The maximum atomic E-state index is 3.08. The Balaban J connectivity index is 2.54. The Morgan fingerprint density at radius 2 is 1.80 bits per heavy atom. The molecule has 0 amide bonds. The summed E-state index contributed by atoms with van der Waals surface area (Å²) >= 11 is 1.65. The normalized spacial score (nSPS) is 9.40. The number of rotatable bonds is 1. The molecule has 0 bridgehead atoms. The Kier molecular flexibility index (Phi) is 3.32. The summed E-state index contributed by atoms with van der Waals surface area (Å²) in [7, 11) is 0. The molecule has 5 heavy (non-hydrogen) atoms. The minimum atomic E-state index is 0.656. The van der Waals surface area contributed by atoms with Crippen molar-refractivity contribution in [3.63, 3.8) is 0 Å². The summed E-state index contributed by atoms with van der Waals surface area (Å²) in [6.07, 6.45) is 0. The van der Waals surface area contributed by atoms with Crippen LogP contribution >= 0.6 is 0 Å². The van der Waals surface area contributed by atoms with Crippen molar-refractivity contribution in [3.8, 4) is 0 Å². The molecule has 0 aliphatic rings. The molecule has 0 spiro atoms. The van der Waals surface area contributed by atoms with Crippen molar-refractivity contribution < 1.29 is 21.3 Å². The van der Waals surface area contributed by atoms with E-state index in [2.05, 4.69) is 17.6 Å². The maximum absolute atomic E-state index is 3.08. The van der Waals surface area contributed by atoms with Crippen LogP contribution in [0.25, 0.3) is 0 Å². The molecule has 0 aromatic heterocycles. The summed E-state index contributed by atoms with van der Waals surface area (Å²) in [5.74, 6) is 0. The van der Waals surface area contributed by atoms with E-state index in [0.29, 0.717) is 6.04 Å². The van der Waals surface area contributed by atoms with Crippen LogP contribution in [0.1, 0.15) is 13.8 Å². The first-order chi connectivity index (χ1) is 2.27. The zero-order chi connectivity index (χ0) is 4.28. The molecule has 2 heteroatoms. The van der Waals surface area contributed by atoms with Crippen LogP contribution in [-0.2, 0) is 21.3 Å². The van der Waals surface area contributed by atoms with Gasteiger partial charge in [-0.2, -0.15) is 0 Å². The molecule has 0 aromatic rings. The standard InChI is InChI=1S/C3H8N.Nb/c1-3(2)4;/h3-4H,1-2H3;/q-1;+1. The first-order valence-electron chi connectivity index (χ1n) is 1.67. The molecule has 0 atom stereocenters. The zero-order valence-electron chi connectivity index (χ0n) is 3.52. The fraction of sp³-hybridized carbons (Fsp3) is 1.00. The van der Waals surface area contributed by atoms with Crippen molar-refractivity contribution in [3.05, 3.63) is 0 Å². The molecular weight excluding hydrogens is 143 g/mol. The monoisotopic (exact) mass is 151 g/mol. The van der Waals surface area contributed by atoms with E-state index in [4.69, 9.17) is 0 Å². The van der Waals surface area contributed by atoms with Crippen molar-refractivity contribution in [2.75, 3.05) is 0 Å². The van der Waals surface area contributed by atoms with Gasteiger partial charge in [-0.1, -0.05) is 0 Å². The van der Waals surface area contributed by atoms with E-state index < -0.39 is 0 Å². The average Bonchev–Trinajstić information content (AvgIpc) is 1.38. The quantitative estimate of drug-likeness (QED) is 0.536. The van der Waals surface area contributed by atoms with Crippen LogP contribution in [0.4, 0.5) is 0 Å². The molecule has 0 aliphatic carbocycles. The second kappa shape index (κ2) is 2.91. The average molecular weight is 151 g/mol. The Hall–Kier alpha value is 0.700. The van der Waals surface area contributed by atoms with Crippen LogP contribution in [0.3, 0.4) is 0 Å². The van der Waals surface area contributed by atoms with E-state index in [1.54, 1.807) is 21.3 Å². The second-order valence-corrected chi connectivity index (χ2v) is 1.92. The van der Waals surface area contributed by atoms with Crippen molar-refractivity contribution in [1.29, 1.82) is 0 Å². The molecule has 0 aliphatic heterocycles. The SMILES string of the molecule is CC(C)[NH][Nb]. The van der Waals surface area contributed by atoms with Gasteiger partial charge in [0.2, 0.25) is 0 Å². The molecular formula is C3H8NNb. The summed E-state index contributed by atoms with van der Waals surface area (Å²) in [6.45, 7) is 4.25. The Labute approximate surface area is 45.4 Å². The molecule has 0 heterocycles. The molecule has 30 valence electrons. The van der Waals surface area contributed by atoms with E-state index in [0.717, 1.165) is 0 Å². The van der Waals surface area contributed by atoms with Crippen molar-refractivity contribution >= 4 is 0 Å². The summed E-state index contributed by atoms with van der Waals surface area (Å²) in [4.78, 5) is 0. The van der Waals surface area contributed by atoms with Gasteiger partial charge in [0.25, 0.3) is 0 Å². The second-order valence-electron chi connectivity index (χ2n) is 1.28. The van der Waals surface area contributed by atoms with Gasteiger partial charge >= 0.3 is 44.9 Å². The fourth-order valence-electron chi connectivity index (χ4n) is 0. The molecule has 0 fully saturated rings. The predicted octanol–water partition coefficient (Wildman–Crippen LogP) is 0.446. The molecule has 1 N–H and O–H groups in total. The molecule has 0 unspecified atom stereocenters. The summed E-state index contributed by atoms with van der Waals surface area (Å²) in [5, 5.41) is 0. The molecule has 0 rings (SSSR count). The van der Waals surface area contributed by atoms with Crippen LogP contribution in [-0.4, -0.2) is 6.04 Å². The number of hydrogen-bond donors (Lipinski definition) is 1. The third-order valence-corrected chi connectivity index (χ3v) is 1.53. The van der Waals surface area contributed by atoms with Crippen LogP contribution in [0.15, 0.2) is 0 Å². The Morgan fingerprint density at radius 1 is 1.60 bits per heavy atom. The van der Waals surface area contributed by atoms with Gasteiger partial charge in [-0.15, -0.1) is 0 Å². The van der Waals surface area contributed by atoms with Gasteiger partial charge in [-0.25, -0.2) is 0 Å². The zero-order valence-corrected chi connectivity index (χ0v) is 5.72. The van der Waals surface area contributed by atoms with Gasteiger partial charge < -0.3 is 0 Å². The molecule has 0 saturated carbocycles. The Bertz CT molecular complexity index is 20.9. The van der Waals surface area contributed by atoms with Crippen LogP contribution in [0.5, 0.6) is 0 Å². The van der Waals surface area contributed by atoms with Crippen molar-refractivity contribution in [2.24, 2.45) is 0 Å². The van der Waals surface area contributed by atoms with Crippen LogP contribution in [0, 0.1) is 0 Å². The topological polar surface area (TPSA) is 12.0 Å². The molecule has 0 aromatic carbocycles. The first kappa shape index (κ1) is 5.70. The van der Waals surface area contributed by atoms with Crippen molar-refractivity contribution in [1.82, 2.24) is 3.72 Å². The van der Waals surface area contributed by atoms with E-state index in [9.17, 15) is 0 Å². The van der Waals surface area contributed by atoms with Gasteiger partial charge in [0, 0.05) is 0 Å². The van der Waals surface area contributed by atoms with Gasteiger partial charge in [0.15, 0.2) is 0 Å². The third-order valence-electron chi connectivity index (χ3n) is 0.258. The summed E-state index contributed by atoms with van der Waals surface area (Å²) in [5.41, 5.74) is 0. The van der Waals surface area contributed by atoms with E-state index >= 15 is 0 Å². The number of hydrogen-bond acceptors (Lipinski definition) is 1. The predicted molar refractivity (Wildman–Crippen MR) is 18.3 cm³/mol. The summed E-state index contributed by atoms with van der Waals surface area (Å²) < 4.78 is 3.08. The minimum absolute atomic E-state index is 0.656. The molecule has 0 saturated heterocycles. The fourth-order valence-corrected chi connectivity index (χ4v) is 0. The Morgan fingerprint density at radius 3 is 1.80 bits per heavy atom. The van der Waals surface area contributed by atoms with Crippen LogP contribution in [0.2, 0.25) is 0 Å². The summed E-state index contributed by atoms with van der Waals surface area (Å²) in [6, 6.07) is 0.656. The van der Waals surface area contributed by atoms with Crippen LogP contribution < -0.4 is 3.72 Å². The third kappa shape index (κ3) is 4.70. The number of nitrogens with one attached hydrogen (secondary N) is 1. The van der Waals surface area contributed by atoms with E-state index in [1.807, 2.05) is 0 Å². The van der Waals surface area contributed by atoms with Gasteiger partial charge in [0.05, 0.1) is 0 Å². The van der Waals surface area contributed by atoms with E-state index in [1.165, 1.54) is 0 Å². The van der Waals surface area contributed by atoms with Crippen molar-refractivity contribution in [2.45, 2.75) is 19.9 Å². The molecule has 0 radical (unpaired) electrons. The van der Waals surface area contributed by atoms with Gasteiger partial charge in [-0.3, -0.25) is 0 Å².